The molecule has 0 amide bonds. The van der Waals surface area contributed by atoms with Gasteiger partial charge in [-0.05, 0) is 110 Å². The highest BCUT2D eigenvalue weighted by Gasteiger charge is 2.70. The number of benzene rings is 1. The molecule has 1 aromatic carbocycles. The highest BCUT2D eigenvalue weighted by molar-refractivity contribution is 5.89. The Morgan fingerprint density at radius 2 is 1.44 bits per heavy atom. The van der Waals surface area contributed by atoms with Crippen LogP contribution in [0.4, 0.5) is 0 Å². The molecule has 6 rings (SSSR count). The summed E-state index contributed by atoms with van der Waals surface area (Å²) in [4.78, 5) is 26.1. The third kappa shape index (κ3) is 4.20. The van der Waals surface area contributed by atoms with E-state index in [1.165, 1.54) is 17.7 Å². The Hall–Kier alpha value is -2.34. The molecule has 5 aliphatic rings. The van der Waals surface area contributed by atoms with Gasteiger partial charge >= 0.3 is 11.9 Å². The fraction of sp³-hybridized carbons (Fsp3) is 0.730. The van der Waals surface area contributed by atoms with Crippen LogP contribution in [0.3, 0.4) is 0 Å². The molecule has 0 aliphatic heterocycles. The van der Waals surface area contributed by atoms with Crippen molar-refractivity contribution in [3.63, 3.8) is 0 Å². The van der Waals surface area contributed by atoms with Gasteiger partial charge in [-0.25, -0.2) is 4.79 Å². The number of carbonyl (C=O) groups is 2. The first kappa shape index (κ1) is 30.7. The zero-order chi connectivity index (χ0) is 31.4. The zero-order valence-electron chi connectivity index (χ0n) is 27.2. The average molecular weight is 593 g/mol. The third-order valence-electron chi connectivity index (χ3n) is 14.2. The number of carboxylic acid groups (broad SMARTS) is 1. The number of phenols is 1. The molecule has 0 saturated heterocycles. The van der Waals surface area contributed by atoms with Crippen molar-refractivity contribution in [2.24, 2.45) is 50.2 Å². The SMILES string of the molecule is CC1(C)CCC2(C(=O)O)CC=C3[C@]4(C)CCC5C(C)(C)[C@@H](OC(=O)c6ccc(O)cc6)C[C@@H](O)[C@]5(C)C4CC[C@@]3(C)C2C1. The molecule has 3 N–H and O–H groups in total. The van der Waals surface area contributed by atoms with Crippen LogP contribution >= 0.6 is 0 Å². The number of fused-ring (bicyclic) bond motifs is 7. The van der Waals surface area contributed by atoms with Crippen LogP contribution in [-0.2, 0) is 9.53 Å². The number of aliphatic hydroxyl groups is 1. The van der Waals surface area contributed by atoms with Gasteiger partial charge in [0.15, 0.2) is 0 Å². The Bertz CT molecular complexity index is 1340. The fourth-order valence-corrected chi connectivity index (χ4v) is 11.8. The standard InChI is InChI=1S/C37H52O6/c1-32(2)18-19-37(31(41)42)17-14-25-34(5)15-12-24-33(3,4)29(43-30(40)22-8-10-23(38)11-9-22)20-28(39)36(24,7)26(34)13-16-35(25,6)27(37)21-32/h8-11,14,24,26-29,38-39H,12-13,15-21H2,1-7H3,(H,41,42)/t24?,26?,27?,28-,29+,34+,35-,36+,37?/m1/s1. The highest BCUT2D eigenvalue weighted by Crippen LogP contribution is 2.75. The summed E-state index contributed by atoms with van der Waals surface area (Å²) in [6.07, 6.45) is 8.79. The number of allylic oxidation sites excluding steroid dienone is 2. The normalized spacial score (nSPS) is 44.5. The van der Waals surface area contributed by atoms with E-state index in [1.54, 1.807) is 12.1 Å². The monoisotopic (exact) mass is 592 g/mol. The lowest BCUT2D eigenvalue weighted by molar-refractivity contribution is -0.230. The number of ether oxygens (including phenoxy) is 1. The Labute approximate surface area is 257 Å². The number of aliphatic carboxylic acids is 1. The van der Waals surface area contributed by atoms with E-state index in [-0.39, 0.29) is 50.6 Å². The molecule has 0 spiro atoms. The summed E-state index contributed by atoms with van der Waals surface area (Å²) >= 11 is 0. The second-order valence-electron chi connectivity index (χ2n) is 17.1. The van der Waals surface area contributed by atoms with E-state index in [9.17, 15) is 24.9 Å². The Morgan fingerprint density at radius 1 is 0.837 bits per heavy atom. The van der Waals surface area contributed by atoms with Crippen molar-refractivity contribution < 1.29 is 29.6 Å². The summed E-state index contributed by atoms with van der Waals surface area (Å²) in [6.45, 7) is 16.1. The fourth-order valence-electron chi connectivity index (χ4n) is 11.8. The number of phenolic OH excluding ortho intramolecular Hbond substituents is 1. The van der Waals surface area contributed by atoms with Gasteiger partial charge < -0.3 is 20.1 Å². The van der Waals surface area contributed by atoms with Gasteiger partial charge in [0.05, 0.1) is 17.1 Å². The Morgan fingerprint density at radius 3 is 2.07 bits per heavy atom. The van der Waals surface area contributed by atoms with Crippen molar-refractivity contribution in [3.05, 3.63) is 41.5 Å². The highest BCUT2D eigenvalue weighted by atomic mass is 16.5. The molecule has 6 heteroatoms. The van der Waals surface area contributed by atoms with E-state index < -0.39 is 29.6 Å². The summed E-state index contributed by atoms with van der Waals surface area (Å²) in [5.41, 5.74) is 0.333. The first-order valence-electron chi connectivity index (χ1n) is 16.5. The lowest BCUT2D eigenvalue weighted by Crippen LogP contribution is -2.67. The zero-order valence-corrected chi connectivity index (χ0v) is 27.2. The molecule has 1 aromatic rings. The van der Waals surface area contributed by atoms with E-state index >= 15 is 0 Å². The lowest BCUT2D eigenvalue weighted by atomic mass is 9.34. The number of hydrogen-bond donors (Lipinski definition) is 3. The second-order valence-corrected chi connectivity index (χ2v) is 17.1. The van der Waals surface area contributed by atoms with Crippen molar-refractivity contribution in [3.8, 4) is 5.75 Å². The number of aromatic hydroxyl groups is 1. The van der Waals surface area contributed by atoms with Gasteiger partial charge in [0.1, 0.15) is 11.9 Å². The summed E-state index contributed by atoms with van der Waals surface area (Å²) < 4.78 is 6.12. The maximum Gasteiger partial charge on any atom is 0.338 e. The van der Waals surface area contributed by atoms with Crippen LogP contribution in [-0.4, -0.2) is 39.5 Å². The molecule has 4 fully saturated rings. The van der Waals surface area contributed by atoms with Gasteiger partial charge in [-0.3, -0.25) is 4.79 Å². The van der Waals surface area contributed by atoms with Crippen LogP contribution in [0.2, 0.25) is 0 Å². The Kier molecular flexibility index (Phi) is 6.83. The van der Waals surface area contributed by atoms with Gasteiger partial charge in [-0.2, -0.15) is 0 Å². The maximum atomic E-state index is 13.1. The molecular formula is C37H52O6. The minimum atomic E-state index is -0.682. The molecule has 5 aliphatic carbocycles. The molecular weight excluding hydrogens is 540 g/mol. The second kappa shape index (κ2) is 9.58. The van der Waals surface area contributed by atoms with Crippen LogP contribution in [0.15, 0.2) is 35.9 Å². The maximum absolute atomic E-state index is 13.1. The van der Waals surface area contributed by atoms with Crippen LogP contribution in [0.25, 0.3) is 0 Å². The van der Waals surface area contributed by atoms with E-state index in [0.29, 0.717) is 18.4 Å². The molecule has 4 unspecified atom stereocenters. The summed E-state index contributed by atoms with van der Waals surface area (Å²) in [7, 11) is 0. The van der Waals surface area contributed by atoms with Crippen LogP contribution in [0.1, 0.15) is 117 Å². The summed E-state index contributed by atoms with van der Waals surface area (Å²) in [6, 6.07) is 6.12. The van der Waals surface area contributed by atoms with Crippen molar-refractivity contribution in [2.45, 2.75) is 118 Å². The molecule has 43 heavy (non-hydrogen) atoms. The third-order valence-corrected chi connectivity index (χ3v) is 14.2. The van der Waals surface area contributed by atoms with E-state index in [4.69, 9.17) is 4.74 Å². The minimum Gasteiger partial charge on any atom is -0.508 e. The number of hydrogen-bond acceptors (Lipinski definition) is 5. The summed E-state index contributed by atoms with van der Waals surface area (Å²) in [5, 5.41) is 32.3. The topological polar surface area (TPSA) is 104 Å². The predicted molar refractivity (Wildman–Crippen MR) is 165 cm³/mol. The van der Waals surface area contributed by atoms with Gasteiger partial charge in [0, 0.05) is 17.3 Å². The Balaban J connectivity index is 1.33. The lowest BCUT2D eigenvalue weighted by Gasteiger charge is -2.70. The molecule has 9 atom stereocenters. The van der Waals surface area contributed by atoms with E-state index in [0.717, 1.165) is 44.9 Å². The molecule has 0 heterocycles. The van der Waals surface area contributed by atoms with E-state index in [2.05, 4.69) is 54.5 Å². The number of carboxylic acids is 1. The van der Waals surface area contributed by atoms with Crippen LogP contribution in [0, 0.1) is 50.2 Å². The van der Waals surface area contributed by atoms with E-state index in [1.807, 2.05) is 0 Å². The van der Waals surface area contributed by atoms with Gasteiger partial charge in [-0.1, -0.05) is 60.1 Å². The molecule has 0 bridgehead atoms. The van der Waals surface area contributed by atoms with Crippen molar-refractivity contribution in [1.29, 1.82) is 0 Å². The molecule has 236 valence electrons. The van der Waals surface area contributed by atoms with Gasteiger partial charge in [0.25, 0.3) is 0 Å². The first-order chi connectivity index (χ1) is 19.9. The number of carbonyl (C=O) groups excluding carboxylic acids is 1. The average Bonchev–Trinajstić information content (AvgIpc) is 2.91. The quantitative estimate of drug-likeness (QED) is 0.245. The first-order valence-corrected chi connectivity index (χ1v) is 16.5. The van der Waals surface area contributed by atoms with Crippen LogP contribution < -0.4 is 0 Å². The molecule has 6 nitrogen and oxygen atoms in total. The molecule has 0 radical (unpaired) electrons. The van der Waals surface area contributed by atoms with Gasteiger partial charge in [-0.15, -0.1) is 0 Å². The smallest absolute Gasteiger partial charge is 0.338 e. The van der Waals surface area contributed by atoms with Crippen molar-refractivity contribution in [1.82, 2.24) is 0 Å². The molecule has 0 aromatic heterocycles. The summed E-state index contributed by atoms with van der Waals surface area (Å²) in [5.74, 6) is -0.406. The number of rotatable bonds is 3. The minimum absolute atomic E-state index is 0.100. The van der Waals surface area contributed by atoms with Crippen molar-refractivity contribution in [2.75, 3.05) is 0 Å². The number of esters is 1. The number of aliphatic hydroxyl groups excluding tert-OH is 1. The largest absolute Gasteiger partial charge is 0.508 e. The van der Waals surface area contributed by atoms with Gasteiger partial charge in [0.2, 0.25) is 0 Å². The van der Waals surface area contributed by atoms with Crippen molar-refractivity contribution >= 4 is 11.9 Å². The van der Waals surface area contributed by atoms with Crippen LogP contribution in [0.5, 0.6) is 5.75 Å². The predicted octanol–water partition coefficient (Wildman–Crippen LogP) is 7.77. The molecule has 4 saturated carbocycles.